The number of benzene rings is 2. The third-order valence-corrected chi connectivity index (χ3v) is 3.81. The summed E-state index contributed by atoms with van der Waals surface area (Å²) >= 11 is 12.2. The van der Waals surface area contributed by atoms with Gasteiger partial charge in [-0.25, -0.2) is 0 Å². The van der Waals surface area contributed by atoms with Gasteiger partial charge in [0.05, 0.1) is 5.02 Å². The molecule has 4 heteroatoms. The second kappa shape index (κ2) is 4.97. The number of rotatable bonds is 2. The summed E-state index contributed by atoms with van der Waals surface area (Å²) in [7, 11) is 0. The van der Waals surface area contributed by atoms with E-state index in [1.165, 1.54) is 0 Å². The number of carbonyl (C=O) groups excluding carboxylic acids is 1. The second-order valence-electron chi connectivity index (χ2n) is 4.70. The Kier molecular flexibility index (Phi) is 3.28. The van der Waals surface area contributed by atoms with E-state index in [2.05, 4.69) is 4.98 Å². The minimum Gasteiger partial charge on any atom is -0.360 e. The first kappa shape index (κ1) is 13.2. The maximum atomic E-state index is 12.6. The summed E-state index contributed by atoms with van der Waals surface area (Å²) in [5.41, 5.74) is 2.97. The molecule has 3 rings (SSSR count). The molecule has 0 fully saturated rings. The molecule has 0 unspecified atom stereocenters. The van der Waals surface area contributed by atoms with Gasteiger partial charge in [-0.15, -0.1) is 0 Å². The molecule has 0 aliphatic heterocycles. The first-order chi connectivity index (χ1) is 9.56. The van der Waals surface area contributed by atoms with Crippen LogP contribution in [0.2, 0.25) is 10.0 Å². The molecule has 1 N–H and O–H groups in total. The highest BCUT2D eigenvalue weighted by molar-refractivity contribution is 6.36. The molecule has 20 heavy (non-hydrogen) atoms. The van der Waals surface area contributed by atoms with Crippen molar-refractivity contribution < 1.29 is 4.79 Å². The number of H-pyrrole nitrogens is 1. The highest BCUT2D eigenvalue weighted by atomic mass is 35.5. The van der Waals surface area contributed by atoms with Gasteiger partial charge in [0.15, 0.2) is 5.78 Å². The maximum absolute atomic E-state index is 12.6. The van der Waals surface area contributed by atoms with Gasteiger partial charge in [-0.05, 0) is 42.8 Å². The Morgan fingerprint density at radius 2 is 1.85 bits per heavy atom. The molecule has 0 atom stereocenters. The fraction of sp³-hybridized carbons (Fsp3) is 0.0625. The lowest BCUT2D eigenvalue weighted by Gasteiger charge is -2.04. The normalized spacial score (nSPS) is 10.9. The van der Waals surface area contributed by atoms with Gasteiger partial charge in [0.1, 0.15) is 0 Å². The van der Waals surface area contributed by atoms with Crippen molar-refractivity contribution in [2.45, 2.75) is 6.92 Å². The van der Waals surface area contributed by atoms with E-state index in [0.717, 1.165) is 16.5 Å². The first-order valence-corrected chi connectivity index (χ1v) is 6.89. The average Bonchev–Trinajstić information content (AvgIpc) is 2.81. The van der Waals surface area contributed by atoms with Crippen LogP contribution < -0.4 is 0 Å². The van der Waals surface area contributed by atoms with Crippen LogP contribution in [0.4, 0.5) is 0 Å². The van der Waals surface area contributed by atoms with Crippen LogP contribution >= 0.6 is 23.2 Å². The molecule has 100 valence electrons. The van der Waals surface area contributed by atoms with Gasteiger partial charge in [0.2, 0.25) is 0 Å². The Balaban J connectivity index is 2.15. The molecule has 0 bridgehead atoms. The summed E-state index contributed by atoms with van der Waals surface area (Å²) in [6.45, 7) is 1.94. The SMILES string of the molecule is Cc1ccc(C(=O)c2c[nH]c3ccc(Cl)cc23)c(Cl)c1. The number of carbonyl (C=O) groups is 1. The minimum absolute atomic E-state index is 0.108. The number of hydrogen-bond donors (Lipinski definition) is 1. The Labute approximate surface area is 126 Å². The molecule has 0 spiro atoms. The quantitative estimate of drug-likeness (QED) is 0.663. The summed E-state index contributed by atoms with van der Waals surface area (Å²) < 4.78 is 0. The van der Waals surface area contributed by atoms with Crippen molar-refractivity contribution in [2.24, 2.45) is 0 Å². The summed E-state index contributed by atoms with van der Waals surface area (Å²) in [6, 6.07) is 10.8. The minimum atomic E-state index is -0.108. The highest BCUT2D eigenvalue weighted by Crippen LogP contribution is 2.27. The smallest absolute Gasteiger partial charge is 0.196 e. The molecule has 0 aliphatic carbocycles. The summed E-state index contributed by atoms with van der Waals surface area (Å²) in [5.74, 6) is -0.108. The van der Waals surface area contributed by atoms with Crippen LogP contribution in [0.25, 0.3) is 10.9 Å². The molecule has 0 aliphatic rings. The van der Waals surface area contributed by atoms with Crippen molar-refractivity contribution in [3.8, 4) is 0 Å². The van der Waals surface area contributed by atoms with Crippen molar-refractivity contribution in [1.29, 1.82) is 0 Å². The molecule has 2 aromatic carbocycles. The number of hydrogen-bond acceptors (Lipinski definition) is 1. The predicted octanol–water partition coefficient (Wildman–Crippen LogP) is 5.01. The van der Waals surface area contributed by atoms with Crippen molar-refractivity contribution in [3.05, 3.63) is 69.3 Å². The molecule has 1 aromatic heterocycles. The molecule has 0 radical (unpaired) electrons. The first-order valence-electron chi connectivity index (χ1n) is 6.14. The van der Waals surface area contributed by atoms with E-state index in [4.69, 9.17) is 23.2 Å². The number of aromatic amines is 1. The molecular weight excluding hydrogens is 293 g/mol. The van der Waals surface area contributed by atoms with Crippen LogP contribution in [0.3, 0.4) is 0 Å². The average molecular weight is 304 g/mol. The third-order valence-electron chi connectivity index (χ3n) is 3.26. The molecule has 3 aromatic rings. The lowest BCUT2D eigenvalue weighted by atomic mass is 10.0. The van der Waals surface area contributed by atoms with Crippen LogP contribution in [0.15, 0.2) is 42.6 Å². The lowest BCUT2D eigenvalue weighted by molar-refractivity contribution is 0.104. The van der Waals surface area contributed by atoms with Crippen molar-refractivity contribution in [2.75, 3.05) is 0 Å². The Morgan fingerprint density at radius 3 is 2.60 bits per heavy atom. The molecule has 0 saturated heterocycles. The van der Waals surface area contributed by atoms with Crippen LogP contribution in [0.5, 0.6) is 0 Å². The summed E-state index contributed by atoms with van der Waals surface area (Å²) in [4.78, 5) is 15.7. The van der Waals surface area contributed by atoms with E-state index in [9.17, 15) is 4.79 Å². The van der Waals surface area contributed by atoms with E-state index in [0.29, 0.717) is 21.2 Å². The Bertz CT molecular complexity index is 820. The number of halogens is 2. The zero-order chi connectivity index (χ0) is 14.3. The van der Waals surface area contributed by atoms with E-state index >= 15 is 0 Å². The fourth-order valence-corrected chi connectivity index (χ4v) is 2.72. The van der Waals surface area contributed by atoms with Gasteiger partial charge in [0, 0.05) is 33.2 Å². The van der Waals surface area contributed by atoms with Gasteiger partial charge < -0.3 is 4.98 Å². The number of aromatic nitrogens is 1. The highest BCUT2D eigenvalue weighted by Gasteiger charge is 2.17. The predicted molar refractivity (Wildman–Crippen MR) is 82.9 cm³/mol. The van der Waals surface area contributed by atoms with Crippen molar-refractivity contribution in [1.82, 2.24) is 4.98 Å². The number of aryl methyl sites for hydroxylation is 1. The molecule has 0 amide bonds. The third kappa shape index (κ3) is 2.21. The second-order valence-corrected chi connectivity index (χ2v) is 5.55. The largest absolute Gasteiger partial charge is 0.360 e. The van der Waals surface area contributed by atoms with Crippen LogP contribution in [-0.4, -0.2) is 10.8 Å². The van der Waals surface area contributed by atoms with E-state index in [1.807, 2.05) is 19.1 Å². The Morgan fingerprint density at radius 1 is 1.05 bits per heavy atom. The van der Waals surface area contributed by atoms with Crippen LogP contribution in [0, 0.1) is 6.92 Å². The van der Waals surface area contributed by atoms with Crippen LogP contribution in [0.1, 0.15) is 21.5 Å². The topological polar surface area (TPSA) is 32.9 Å². The monoisotopic (exact) mass is 303 g/mol. The van der Waals surface area contributed by atoms with Crippen molar-refractivity contribution in [3.63, 3.8) is 0 Å². The van der Waals surface area contributed by atoms with E-state index < -0.39 is 0 Å². The van der Waals surface area contributed by atoms with E-state index in [1.54, 1.807) is 30.5 Å². The molecule has 0 saturated carbocycles. The summed E-state index contributed by atoms with van der Waals surface area (Å²) in [5, 5.41) is 1.87. The van der Waals surface area contributed by atoms with E-state index in [-0.39, 0.29) is 5.78 Å². The number of ketones is 1. The zero-order valence-electron chi connectivity index (χ0n) is 10.7. The van der Waals surface area contributed by atoms with Crippen molar-refractivity contribution >= 4 is 39.9 Å². The number of fused-ring (bicyclic) bond motifs is 1. The zero-order valence-corrected chi connectivity index (χ0v) is 12.2. The summed E-state index contributed by atoms with van der Waals surface area (Å²) in [6.07, 6.45) is 1.69. The molecular formula is C16H11Cl2NO. The number of nitrogens with one attached hydrogen (secondary N) is 1. The van der Waals surface area contributed by atoms with Crippen LogP contribution in [-0.2, 0) is 0 Å². The van der Waals surface area contributed by atoms with Gasteiger partial charge in [-0.1, -0.05) is 29.3 Å². The molecule has 2 nitrogen and oxygen atoms in total. The fourth-order valence-electron chi connectivity index (χ4n) is 2.23. The maximum Gasteiger partial charge on any atom is 0.196 e. The van der Waals surface area contributed by atoms with Gasteiger partial charge in [-0.3, -0.25) is 4.79 Å². The van der Waals surface area contributed by atoms with Gasteiger partial charge in [-0.2, -0.15) is 0 Å². The Hall–Kier alpha value is -1.77. The van der Waals surface area contributed by atoms with Gasteiger partial charge >= 0.3 is 0 Å². The standard InChI is InChI=1S/C16H11Cl2NO/c1-9-2-4-11(14(18)6-9)16(20)13-8-19-15-5-3-10(17)7-12(13)15/h2-8,19H,1H3. The van der Waals surface area contributed by atoms with Gasteiger partial charge in [0.25, 0.3) is 0 Å². The lowest BCUT2D eigenvalue weighted by Crippen LogP contribution is -2.01. The molecule has 1 heterocycles.